The number of amides is 2. The van der Waals surface area contributed by atoms with Gasteiger partial charge in [-0.05, 0) is 39.7 Å². The van der Waals surface area contributed by atoms with Crippen molar-refractivity contribution in [3.63, 3.8) is 0 Å². The molecule has 0 aliphatic carbocycles. The van der Waals surface area contributed by atoms with Crippen molar-refractivity contribution in [1.82, 2.24) is 29.3 Å². The van der Waals surface area contributed by atoms with E-state index in [2.05, 4.69) is 20.5 Å². The van der Waals surface area contributed by atoms with E-state index in [1.54, 1.807) is 31.9 Å². The number of piperidine rings is 1. The van der Waals surface area contributed by atoms with Crippen molar-refractivity contribution in [2.75, 3.05) is 24.1 Å². The number of hydrogen-bond acceptors (Lipinski definition) is 7. The van der Waals surface area contributed by atoms with Gasteiger partial charge in [-0.1, -0.05) is 0 Å². The largest absolute Gasteiger partial charge is 0.444 e. The van der Waals surface area contributed by atoms with Crippen LogP contribution in [0, 0.1) is 0 Å². The van der Waals surface area contributed by atoms with Crippen molar-refractivity contribution in [3.05, 3.63) is 35.9 Å². The SMILES string of the molecule is CC(C)(C)OC(=O)N1CCC(n2cc(NC(=O)c3cnn4ccc(N)nc34)c(C(F)F)n2)CC1. The zero-order chi connectivity index (χ0) is 24.6. The van der Waals surface area contributed by atoms with Crippen LogP contribution in [0.3, 0.4) is 0 Å². The van der Waals surface area contributed by atoms with Crippen molar-refractivity contribution in [2.24, 2.45) is 0 Å². The number of halogens is 2. The van der Waals surface area contributed by atoms with Gasteiger partial charge in [0.25, 0.3) is 12.3 Å². The number of carbonyl (C=O) groups excluding carboxylic acids is 2. The highest BCUT2D eigenvalue weighted by molar-refractivity contribution is 6.08. The number of aromatic nitrogens is 5. The first-order valence-electron chi connectivity index (χ1n) is 10.8. The van der Waals surface area contributed by atoms with E-state index < -0.39 is 29.7 Å². The number of fused-ring (bicyclic) bond motifs is 1. The Morgan fingerprint density at radius 2 is 1.97 bits per heavy atom. The fourth-order valence-corrected chi connectivity index (χ4v) is 3.72. The van der Waals surface area contributed by atoms with E-state index >= 15 is 0 Å². The predicted molar refractivity (Wildman–Crippen MR) is 119 cm³/mol. The highest BCUT2D eigenvalue weighted by Crippen LogP contribution is 2.31. The summed E-state index contributed by atoms with van der Waals surface area (Å²) in [6.07, 6.45) is 1.94. The first kappa shape index (κ1) is 23.4. The van der Waals surface area contributed by atoms with E-state index in [1.807, 2.05) is 0 Å². The quantitative estimate of drug-likeness (QED) is 0.590. The van der Waals surface area contributed by atoms with Gasteiger partial charge >= 0.3 is 6.09 Å². The molecular formula is C21H26F2N8O3. The molecule has 3 aromatic rings. The first-order valence-corrected chi connectivity index (χ1v) is 10.8. The lowest BCUT2D eigenvalue weighted by molar-refractivity contribution is 0.0184. The van der Waals surface area contributed by atoms with Crippen LogP contribution >= 0.6 is 0 Å². The maximum absolute atomic E-state index is 13.7. The molecule has 4 heterocycles. The smallest absolute Gasteiger partial charge is 0.410 e. The molecule has 2 amide bonds. The molecule has 1 aliphatic rings. The summed E-state index contributed by atoms with van der Waals surface area (Å²) in [6.45, 7) is 6.19. The van der Waals surface area contributed by atoms with Gasteiger partial charge in [0.15, 0.2) is 11.3 Å². The van der Waals surface area contributed by atoms with Crippen LogP contribution in [0.1, 0.15) is 62.1 Å². The number of nitrogens with zero attached hydrogens (tertiary/aromatic N) is 6. The molecule has 0 unspecified atom stereocenters. The number of alkyl halides is 2. The Hall–Kier alpha value is -3.77. The van der Waals surface area contributed by atoms with Crippen molar-refractivity contribution >= 4 is 29.2 Å². The third-order valence-electron chi connectivity index (χ3n) is 5.34. The first-order chi connectivity index (χ1) is 16.0. The molecule has 11 nitrogen and oxygen atoms in total. The van der Waals surface area contributed by atoms with Gasteiger partial charge in [0.05, 0.1) is 17.9 Å². The molecule has 182 valence electrons. The molecular weight excluding hydrogens is 450 g/mol. The maximum atomic E-state index is 13.7. The van der Waals surface area contributed by atoms with Gasteiger partial charge in [0.1, 0.15) is 17.0 Å². The lowest BCUT2D eigenvalue weighted by atomic mass is 10.1. The van der Waals surface area contributed by atoms with Crippen LogP contribution < -0.4 is 11.1 Å². The summed E-state index contributed by atoms with van der Waals surface area (Å²) < 4.78 is 35.6. The lowest BCUT2D eigenvalue weighted by Gasteiger charge is -2.33. The number of hydrogen-bond donors (Lipinski definition) is 2. The van der Waals surface area contributed by atoms with Gasteiger partial charge in [0.2, 0.25) is 0 Å². The van der Waals surface area contributed by atoms with E-state index in [9.17, 15) is 18.4 Å². The van der Waals surface area contributed by atoms with Gasteiger partial charge in [-0.15, -0.1) is 0 Å². The topological polar surface area (TPSA) is 133 Å². The number of anilines is 2. The Morgan fingerprint density at radius 3 is 2.62 bits per heavy atom. The number of likely N-dealkylation sites (tertiary alicyclic amines) is 1. The normalized spacial score (nSPS) is 15.2. The van der Waals surface area contributed by atoms with E-state index in [-0.39, 0.29) is 28.8 Å². The van der Waals surface area contributed by atoms with Crippen molar-refractivity contribution < 1.29 is 23.1 Å². The summed E-state index contributed by atoms with van der Waals surface area (Å²) in [5.41, 5.74) is 4.75. The fraction of sp³-hybridized carbons (Fsp3) is 0.476. The molecule has 0 aromatic carbocycles. The monoisotopic (exact) mass is 476 g/mol. The average molecular weight is 476 g/mol. The molecule has 1 aliphatic heterocycles. The molecule has 0 bridgehead atoms. The summed E-state index contributed by atoms with van der Waals surface area (Å²) in [5, 5.41) is 10.6. The Kier molecular flexibility index (Phi) is 6.11. The number of carbonyl (C=O) groups is 2. The molecule has 3 aromatic heterocycles. The Labute approximate surface area is 193 Å². The molecule has 1 saturated heterocycles. The van der Waals surface area contributed by atoms with E-state index in [1.165, 1.54) is 27.7 Å². The summed E-state index contributed by atoms with van der Waals surface area (Å²) in [4.78, 5) is 30.7. The Bertz CT molecular complexity index is 1210. The third-order valence-corrected chi connectivity index (χ3v) is 5.34. The fourth-order valence-electron chi connectivity index (χ4n) is 3.72. The highest BCUT2D eigenvalue weighted by Gasteiger charge is 2.30. The Balaban J connectivity index is 1.48. The van der Waals surface area contributed by atoms with E-state index in [0.717, 1.165) is 0 Å². The summed E-state index contributed by atoms with van der Waals surface area (Å²) >= 11 is 0. The molecule has 0 radical (unpaired) electrons. The maximum Gasteiger partial charge on any atom is 0.410 e. The minimum atomic E-state index is -2.89. The van der Waals surface area contributed by atoms with Gasteiger partial charge in [0, 0.05) is 25.5 Å². The van der Waals surface area contributed by atoms with E-state index in [4.69, 9.17) is 10.5 Å². The van der Waals surface area contributed by atoms with Crippen molar-refractivity contribution in [1.29, 1.82) is 0 Å². The zero-order valence-corrected chi connectivity index (χ0v) is 19.0. The molecule has 0 spiro atoms. The summed E-state index contributed by atoms with van der Waals surface area (Å²) in [5.74, 6) is -0.463. The van der Waals surface area contributed by atoms with Gasteiger partial charge in [-0.25, -0.2) is 23.1 Å². The number of ether oxygens (including phenoxy) is 1. The van der Waals surface area contributed by atoms with Crippen molar-refractivity contribution in [2.45, 2.75) is 51.7 Å². The molecule has 34 heavy (non-hydrogen) atoms. The molecule has 13 heteroatoms. The second-order valence-electron chi connectivity index (χ2n) is 9.04. The van der Waals surface area contributed by atoms with E-state index in [0.29, 0.717) is 25.9 Å². The van der Waals surface area contributed by atoms with Gasteiger partial charge in [-0.3, -0.25) is 9.48 Å². The number of rotatable bonds is 4. The van der Waals surface area contributed by atoms with Crippen LogP contribution in [0.25, 0.3) is 5.65 Å². The van der Waals surface area contributed by atoms with Gasteiger partial charge < -0.3 is 20.7 Å². The third kappa shape index (κ3) is 4.92. The summed E-state index contributed by atoms with van der Waals surface area (Å²) in [6, 6.07) is 1.31. The summed E-state index contributed by atoms with van der Waals surface area (Å²) in [7, 11) is 0. The number of nitrogens with two attached hydrogens (primary N) is 1. The minimum absolute atomic E-state index is 0.0888. The molecule has 3 N–H and O–H groups in total. The minimum Gasteiger partial charge on any atom is -0.444 e. The second kappa shape index (κ2) is 8.88. The standard InChI is InChI=1S/C21H26F2N8O3/c1-21(2,3)34-20(33)29-7-4-12(5-8-29)31-11-14(16(28-31)17(22)23)26-19(32)13-10-25-30-9-6-15(24)27-18(13)30/h6,9-12,17H,4-5,7-8H2,1-3H3,(H2,24,27)(H,26,32). The zero-order valence-electron chi connectivity index (χ0n) is 19.0. The number of nitrogen functional groups attached to an aromatic ring is 1. The van der Waals surface area contributed by atoms with Crippen LogP contribution in [0.5, 0.6) is 0 Å². The average Bonchev–Trinajstić information content (AvgIpc) is 3.36. The number of nitrogens with one attached hydrogen (secondary N) is 1. The molecule has 0 saturated carbocycles. The highest BCUT2D eigenvalue weighted by atomic mass is 19.3. The van der Waals surface area contributed by atoms with Crippen LogP contribution in [-0.2, 0) is 4.74 Å². The predicted octanol–water partition coefficient (Wildman–Crippen LogP) is 3.27. The van der Waals surface area contributed by atoms with Crippen LogP contribution in [-0.4, -0.2) is 60.0 Å². The molecule has 1 fully saturated rings. The molecule has 0 atom stereocenters. The second-order valence-corrected chi connectivity index (χ2v) is 9.04. The van der Waals surface area contributed by atoms with Crippen LogP contribution in [0.15, 0.2) is 24.7 Å². The van der Waals surface area contributed by atoms with Gasteiger partial charge in [-0.2, -0.15) is 10.2 Å². The Morgan fingerprint density at radius 1 is 1.26 bits per heavy atom. The molecule has 4 rings (SSSR count). The van der Waals surface area contributed by atoms with Crippen molar-refractivity contribution in [3.8, 4) is 0 Å². The van der Waals surface area contributed by atoms with Crippen LogP contribution in [0.2, 0.25) is 0 Å². The lowest BCUT2D eigenvalue weighted by Crippen LogP contribution is -2.42. The van der Waals surface area contributed by atoms with Crippen LogP contribution in [0.4, 0.5) is 25.1 Å².